The number of hydrogen-bond acceptors (Lipinski definition) is 6. The monoisotopic (exact) mass is 315 g/mol. The lowest BCUT2D eigenvalue weighted by molar-refractivity contribution is -0.124. The molecule has 0 aliphatic heterocycles. The van der Waals surface area contributed by atoms with Crippen LogP contribution in [-0.2, 0) is 16.1 Å². The second-order valence-corrected chi connectivity index (χ2v) is 4.75. The number of carbonyl (C=O) groups is 2. The van der Waals surface area contributed by atoms with Gasteiger partial charge < -0.3 is 14.8 Å². The van der Waals surface area contributed by atoms with Crippen LogP contribution in [0.4, 0.5) is 0 Å². The minimum absolute atomic E-state index is 0.0659. The molecule has 1 heterocycles. The van der Waals surface area contributed by atoms with Gasteiger partial charge in [-0.25, -0.2) is 9.78 Å². The summed E-state index contributed by atoms with van der Waals surface area (Å²) in [4.78, 5) is 31.2. The number of carbonyl (C=O) groups excluding carboxylic acids is 2. The minimum atomic E-state index is -0.686. The summed E-state index contributed by atoms with van der Waals surface area (Å²) in [6.45, 7) is 1.70. The highest BCUT2D eigenvalue weighted by atomic mass is 16.5. The zero-order chi connectivity index (χ0) is 16.7. The van der Waals surface area contributed by atoms with E-state index in [1.807, 2.05) is 24.3 Å². The fourth-order valence-electron chi connectivity index (χ4n) is 1.74. The normalized spacial score (nSPS) is 10.0. The van der Waals surface area contributed by atoms with Crippen molar-refractivity contribution in [1.29, 1.82) is 0 Å². The van der Waals surface area contributed by atoms with E-state index in [2.05, 4.69) is 15.3 Å². The van der Waals surface area contributed by atoms with Crippen LogP contribution in [0.25, 0.3) is 0 Å². The maximum absolute atomic E-state index is 11.7. The summed E-state index contributed by atoms with van der Waals surface area (Å²) in [7, 11) is 1.57. The van der Waals surface area contributed by atoms with Crippen LogP contribution in [0.15, 0.2) is 36.7 Å². The molecule has 2 rings (SSSR count). The van der Waals surface area contributed by atoms with E-state index < -0.39 is 11.9 Å². The number of aromatic nitrogens is 2. The van der Waals surface area contributed by atoms with Crippen molar-refractivity contribution in [3.8, 4) is 5.75 Å². The van der Waals surface area contributed by atoms with Crippen molar-refractivity contribution in [2.75, 3.05) is 13.7 Å². The smallest absolute Gasteiger partial charge is 0.359 e. The Labute approximate surface area is 133 Å². The number of methoxy groups -OCH3 is 1. The number of amides is 1. The quantitative estimate of drug-likeness (QED) is 0.807. The summed E-state index contributed by atoms with van der Waals surface area (Å²) < 4.78 is 9.99. The van der Waals surface area contributed by atoms with Gasteiger partial charge in [-0.1, -0.05) is 12.1 Å². The van der Waals surface area contributed by atoms with Gasteiger partial charge in [-0.2, -0.15) is 0 Å². The van der Waals surface area contributed by atoms with E-state index in [0.717, 1.165) is 5.56 Å². The first-order valence-electron chi connectivity index (χ1n) is 6.94. The Morgan fingerprint density at radius 1 is 1.22 bits per heavy atom. The highest BCUT2D eigenvalue weighted by Crippen LogP contribution is 2.12. The summed E-state index contributed by atoms with van der Waals surface area (Å²) in [5.74, 6) is -0.378. The molecule has 1 aromatic heterocycles. The lowest BCUT2D eigenvalue weighted by Gasteiger charge is -2.07. The Kier molecular flexibility index (Phi) is 5.62. The van der Waals surface area contributed by atoms with Gasteiger partial charge in [0.25, 0.3) is 5.91 Å². The predicted octanol–water partition coefficient (Wildman–Crippen LogP) is 1.27. The van der Waals surface area contributed by atoms with Crippen LogP contribution in [0.5, 0.6) is 5.75 Å². The standard InChI is InChI=1S/C16H17N3O4/c1-11-7-18-14(9-17-11)16(21)23-10-15(20)19-8-12-4-3-5-13(6-12)22-2/h3-7,9H,8,10H2,1-2H3,(H,19,20). The second kappa shape index (κ2) is 7.88. The predicted molar refractivity (Wildman–Crippen MR) is 81.9 cm³/mol. The highest BCUT2D eigenvalue weighted by Gasteiger charge is 2.11. The number of hydrogen-bond donors (Lipinski definition) is 1. The van der Waals surface area contributed by atoms with E-state index in [1.54, 1.807) is 14.0 Å². The Morgan fingerprint density at radius 2 is 2.04 bits per heavy atom. The average Bonchev–Trinajstić information content (AvgIpc) is 2.58. The number of ether oxygens (including phenoxy) is 2. The van der Waals surface area contributed by atoms with Crippen molar-refractivity contribution >= 4 is 11.9 Å². The zero-order valence-electron chi connectivity index (χ0n) is 12.9. The summed E-state index contributed by atoms with van der Waals surface area (Å²) in [6.07, 6.45) is 2.77. The molecule has 0 bridgehead atoms. The summed E-state index contributed by atoms with van der Waals surface area (Å²) in [5.41, 5.74) is 1.64. The van der Waals surface area contributed by atoms with Gasteiger partial charge in [0.05, 0.1) is 19.0 Å². The molecule has 0 unspecified atom stereocenters. The van der Waals surface area contributed by atoms with Crippen LogP contribution in [-0.4, -0.2) is 35.6 Å². The molecule has 0 saturated carbocycles. The van der Waals surface area contributed by atoms with Gasteiger partial charge in [-0.3, -0.25) is 9.78 Å². The minimum Gasteiger partial charge on any atom is -0.497 e. The Balaban J connectivity index is 1.78. The highest BCUT2D eigenvalue weighted by molar-refractivity contribution is 5.89. The van der Waals surface area contributed by atoms with Crippen molar-refractivity contribution in [1.82, 2.24) is 15.3 Å². The SMILES string of the molecule is COc1cccc(CNC(=O)COC(=O)c2cnc(C)cn2)c1. The van der Waals surface area contributed by atoms with Crippen molar-refractivity contribution in [2.45, 2.75) is 13.5 Å². The third kappa shape index (κ3) is 5.06. The van der Waals surface area contributed by atoms with Crippen LogP contribution < -0.4 is 10.1 Å². The molecule has 0 radical (unpaired) electrons. The maximum Gasteiger partial charge on any atom is 0.359 e. The molecule has 1 aromatic carbocycles. The fraction of sp³-hybridized carbons (Fsp3) is 0.250. The summed E-state index contributed by atoms with van der Waals surface area (Å²) >= 11 is 0. The number of nitrogens with zero attached hydrogens (tertiary/aromatic N) is 2. The largest absolute Gasteiger partial charge is 0.497 e. The molecule has 0 atom stereocenters. The third-order valence-corrected chi connectivity index (χ3v) is 2.95. The van der Waals surface area contributed by atoms with Crippen molar-refractivity contribution in [3.05, 3.63) is 53.6 Å². The van der Waals surface area contributed by atoms with Crippen LogP contribution in [0.1, 0.15) is 21.7 Å². The Morgan fingerprint density at radius 3 is 2.74 bits per heavy atom. The Hall–Kier alpha value is -2.96. The molecule has 0 fully saturated rings. The van der Waals surface area contributed by atoms with E-state index in [0.29, 0.717) is 18.0 Å². The van der Waals surface area contributed by atoms with Gasteiger partial charge in [0.2, 0.25) is 0 Å². The molecule has 0 saturated heterocycles. The first kappa shape index (κ1) is 16.4. The van der Waals surface area contributed by atoms with Gasteiger partial charge >= 0.3 is 5.97 Å². The fourth-order valence-corrected chi connectivity index (χ4v) is 1.74. The van der Waals surface area contributed by atoms with Crippen molar-refractivity contribution in [3.63, 3.8) is 0 Å². The molecular weight excluding hydrogens is 298 g/mol. The van der Waals surface area contributed by atoms with Crippen LogP contribution in [0, 0.1) is 6.92 Å². The zero-order valence-corrected chi connectivity index (χ0v) is 12.9. The maximum atomic E-state index is 11.7. The third-order valence-electron chi connectivity index (χ3n) is 2.95. The molecule has 23 heavy (non-hydrogen) atoms. The number of aryl methyl sites for hydroxylation is 1. The molecule has 7 nitrogen and oxygen atoms in total. The number of esters is 1. The van der Waals surface area contributed by atoms with Crippen molar-refractivity contribution in [2.24, 2.45) is 0 Å². The van der Waals surface area contributed by atoms with Gasteiger partial charge in [0.1, 0.15) is 5.75 Å². The number of nitrogens with one attached hydrogen (secondary N) is 1. The molecular formula is C16H17N3O4. The van der Waals surface area contributed by atoms with E-state index in [1.165, 1.54) is 12.4 Å². The number of rotatable bonds is 6. The van der Waals surface area contributed by atoms with Crippen molar-refractivity contribution < 1.29 is 19.1 Å². The van der Waals surface area contributed by atoms with Crippen LogP contribution in [0.2, 0.25) is 0 Å². The molecule has 2 aromatic rings. The molecule has 0 aliphatic carbocycles. The van der Waals surface area contributed by atoms with E-state index >= 15 is 0 Å². The molecule has 0 spiro atoms. The molecule has 120 valence electrons. The topological polar surface area (TPSA) is 90.4 Å². The average molecular weight is 315 g/mol. The van der Waals surface area contributed by atoms with Gasteiger partial charge in [-0.15, -0.1) is 0 Å². The van der Waals surface area contributed by atoms with E-state index in [4.69, 9.17) is 9.47 Å². The van der Waals surface area contributed by atoms with E-state index in [-0.39, 0.29) is 12.3 Å². The number of benzene rings is 1. The van der Waals surface area contributed by atoms with Crippen LogP contribution >= 0.6 is 0 Å². The first-order chi connectivity index (χ1) is 11.1. The van der Waals surface area contributed by atoms with Gasteiger partial charge in [0.15, 0.2) is 12.3 Å². The lowest BCUT2D eigenvalue weighted by atomic mass is 10.2. The lowest BCUT2D eigenvalue weighted by Crippen LogP contribution is -2.28. The molecule has 0 aliphatic rings. The van der Waals surface area contributed by atoms with Crippen LogP contribution in [0.3, 0.4) is 0 Å². The molecule has 7 heteroatoms. The van der Waals surface area contributed by atoms with E-state index in [9.17, 15) is 9.59 Å². The van der Waals surface area contributed by atoms with Gasteiger partial charge in [0, 0.05) is 12.7 Å². The Bertz CT molecular complexity index is 686. The molecule has 1 amide bonds. The molecule has 1 N–H and O–H groups in total. The first-order valence-corrected chi connectivity index (χ1v) is 6.94. The summed E-state index contributed by atoms with van der Waals surface area (Å²) in [6, 6.07) is 7.32. The summed E-state index contributed by atoms with van der Waals surface area (Å²) in [5, 5.41) is 2.66. The van der Waals surface area contributed by atoms with Gasteiger partial charge in [-0.05, 0) is 24.6 Å². The second-order valence-electron chi connectivity index (χ2n) is 4.75.